The highest BCUT2D eigenvalue weighted by atomic mass is 16.2. The molecular weight excluding hydrogens is 426 g/mol. The number of rotatable bonds is 10. The number of carbonyl (C=O) groups is 2. The number of benzene rings is 2. The Morgan fingerprint density at radius 3 is 2.24 bits per heavy atom. The van der Waals surface area contributed by atoms with Crippen molar-refractivity contribution in [1.29, 1.82) is 0 Å². The zero-order valence-corrected chi connectivity index (χ0v) is 20.8. The maximum Gasteiger partial charge on any atom is 0.282 e. The molecule has 0 aliphatic heterocycles. The van der Waals surface area contributed by atoms with E-state index in [9.17, 15) is 14.4 Å². The molecule has 0 saturated carbocycles. The third-order valence-electron chi connectivity index (χ3n) is 6.29. The maximum atomic E-state index is 13.5. The fourth-order valence-corrected chi connectivity index (χ4v) is 4.00. The summed E-state index contributed by atoms with van der Waals surface area (Å²) in [7, 11) is 0. The number of nitrogens with one attached hydrogen (secondary N) is 1. The Morgan fingerprint density at radius 2 is 1.65 bits per heavy atom. The molecule has 1 heterocycles. The smallest absolute Gasteiger partial charge is 0.282 e. The van der Waals surface area contributed by atoms with Crippen molar-refractivity contribution in [3.63, 3.8) is 0 Å². The lowest BCUT2D eigenvalue weighted by Gasteiger charge is -2.28. The number of aromatic nitrogens is 2. The minimum Gasteiger partial charge on any atom is -0.332 e. The summed E-state index contributed by atoms with van der Waals surface area (Å²) in [6.45, 7) is 9.70. The van der Waals surface area contributed by atoms with Crippen LogP contribution in [-0.4, -0.2) is 39.0 Å². The molecule has 0 bridgehead atoms. The average Bonchev–Trinajstić information content (AvgIpc) is 3.19. The third-order valence-corrected chi connectivity index (χ3v) is 6.29. The van der Waals surface area contributed by atoms with Crippen LogP contribution < -0.4 is 5.56 Å². The van der Waals surface area contributed by atoms with E-state index in [1.807, 2.05) is 89.2 Å². The quantitative estimate of drug-likeness (QED) is 0.430. The largest absolute Gasteiger partial charge is 0.332 e. The topological polar surface area (TPSA) is 75.2 Å². The van der Waals surface area contributed by atoms with E-state index in [1.54, 1.807) is 4.90 Å². The van der Waals surface area contributed by atoms with Crippen molar-refractivity contribution >= 4 is 11.7 Å². The average molecular weight is 462 g/mol. The molecule has 1 N–H and O–H groups in total. The van der Waals surface area contributed by atoms with E-state index in [1.165, 1.54) is 4.68 Å². The molecular formula is C28H35N3O3. The molecule has 0 aliphatic carbocycles. The Balaban J connectivity index is 1.87. The Bertz CT molecular complexity index is 1170. The third kappa shape index (κ3) is 5.74. The second-order valence-electron chi connectivity index (χ2n) is 9.22. The van der Waals surface area contributed by atoms with Crippen molar-refractivity contribution in [2.24, 2.45) is 0 Å². The molecule has 0 spiro atoms. The van der Waals surface area contributed by atoms with Crippen LogP contribution in [0.5, 0.6) is 0 Å². The number of nitrogens with zero attached hydrogens (tertiary/aromatic N) is 2. The summed E-state index contributed by atoms with van der Waals surface area (Å²) >= 11 is 0. The molecule has 6 heteroatoms. The molecule has 3 rings (SSSR count). The lowest BCUT2D eigenvalue weighted by atomic mass is 10.0. The monoisotopic (exact) mass is 461 g/mol. The molecule has 1 unspecified atom stereocenters. The van der Waals surface area contributed by atoms with Gasteiger partial charge in [-0.2, -0.15) is 0 Å². The maximum absolute atomic E-state index is 13.5. The van der Waals surface area contributed by atoms with Crippen LogP contribution in [0.3, 0.4) is 0 Å². The Morgan fingerprint density at radius 1 is 1.00 bits per heavy atom. The van der Waals surface area contributed by atoms with Crippen LogP contribution in [-0.2, 0) is 11.2 Å². The van der Waals surface area contributed by atoms with Gasteiger partial charge in [0, 0.05) is 12.5 Å². The number of carbonyl (C=O) groups excluding carboxylic acids is 2. The van der Waals surface area contributed by atoms with Gasteiger partial charge in [0.2, 0.25) is 5.91 Å². The van der Waals surface area contributed by atoms with Gasteiger partial charge in [-0.1, -0.05) is 68.8 Å². The molecule has 1 aromatic heterocycles. The Hall–Kier alpha value is -3.41. The molecule has 3 aromatic rings. The van der Waals surface area contributed by atoms with Crippen LogP contribution in [0.25, 0.3) is 5.69 Å². The highest BCUT2D eigenvalue weighted by molar-refractivity contribution is 6.00. The van der Waals surface area contributed by atoms with Crippen LogP contribution >= 0.6 is 0 Å². The van der Waals surface area contributed by atoms with E-state index in [0.717, 1.165) is 17.5 Å². The molecule has 6 nitrogen and oxygen atoms in total. The van der Waals surface area contributed by atoms with Crippen molar-refractivity contribution in [2.45, 2.75) is 65.8 Å². The minimum absolute atomic E-state index is 0.0517. The lowest BCUT2D eigenvalue weighted by molar-refractivity contribution is -0.132. The van der Waals surface area contributed by atoms with E-state index in [-0.39, 0.29) is 41.3 Å². The van der Waals surface area contributed by atoms with Crippen molar-refractivity contribution in [3.05, 3.63) is 87.3 Å². The Kier molecular flexibility index (Phi) is 8.26. The minimum atomic E-state index is -0.376. The standard InChI is InChI=1S/C28H35N3O3/c1-6-21(5)30(25(33)17-14-22-10-8-7-9-11-22)18-24(32)26-27(19(2)3)29-31(28(26)34)23-15-12-20(4)13-16-23/h7-13,15-16,19,21,29H,6,14,17-18H2,1-5H3. The van der Waals surface area contributed by atoms with Crippen LogP contribution in [0.2, 0.25) is 0 Å². The number of amides is 1. The van der Waals surface area contributed by atoms with Crippen LogP contribution in [0.15, 0.2) is 59.4 Å². The van der Waals surface area contributed by atoms with Crippen molar-refractivity contribution in [2.75, 3.05) is 6.54 Å². The number of hydrogen-bond acceptors (Lipinski definition) is 3. The first-order valence-electron chi connectivity index (χ1n) is 12.0. The van der Waals surface area contributed by atoms with Gasteiger partial charge in [0.25, 0.3) is 5.56 Å². The van der Waals surface area contributed by atoms with Gasteiger partial charge in [-0.25, -0.2) is 4.68 Å². The molecule has 180 valence electrons. The number of hydrogen-bond donors (Lipinski definition) is 1. The summed E-state index contributed by atoms with van der Waals surface area (Å²) in [5.74, 6) is -0.458. The highest BCUT2D eigenvalue weighted by Crippen LogP contribution is 2.19. The number of H-pyrrole nitrogens is 1. The summed E-state index contributed by atoms with van der Waals surface area (Å²) in [6.07, 6.45) is 1.66. The SMILES string of the molecule is CCC(C)N(CC(=O)c1c(C(C)C)[nH]n(-c2ccc(C)cc2)c1=O)C(=O)CCc1ccccc1. The first kappa shape index (κ1) is 25.2. The Labute approximate surface area is 201 Å². The molecule has 34 heavy (non-hydrogen) atoms. The molecule has 0 radical (unpaired) electrons. The lowest BCUT2D eigenvalue weighted by Crippen LogP contribution is -2.43. The number of aryl methyl sites for hydroxylation is 2. The number of ketones is 1. The fourth-order valence-electron chi connectivity index (χ4n) is 4.00. The van der Waals surface area contributed by atoms with Gasteiger partial charge in [-0.05, 0) is 50.3 Å². The van der Waals surface area contributed by atoms with Crippen LogP contribution in [0, 0.1) is 6.92 Å². The normalized spacial score (nSPS) is 12.1. The first-order valence-corrected chi connectivity index (χ1v) is 12.0. The van der Waals surface area contributed by atoms with Crippen LogP contribution in [0.4, 0.5) is 0 Å². The summed E-state index contributed by atoms with van der Waals surface area (Å²) in [6, 6.07) is 17.3. The first-order chi connectivity index (χ1) is 16.2. The summed E-state index contributed by atoms with van der Waals surface area (Å²) in [4.78, 5) is 41.6. The molecule has 0 saturated heterocycles. The van der Waals surface area contributed by atoms with Gasteiger partial charge < -0.3 is 4.90 Å². The number of aromatic amines is 1. The highest BCUT2D eigenvalue weighted by Gasteiger charge is 2.28. The van der Waals surface area contributed by atoms with Crippen molar-refractivity contribution in [1.82, 2.24) is 14.7 Å². The van der Waals surface area contributed by atoms with E-state index in [2.05, 4.69) is 5.10 Å². The predicted molar refractivity (Wildman–Crippen MR) is 136 cm³/mol. The summed E-state index contributed by atoms with van der Waals surface area (Å²) in [5, 5.41) is 3.14. The molecule has 0 aliphatic rings. The molecule has 1 amide bonds. The van der Waals surface area contributed by atoms with E-state index in [4.69, 9.17) is 0 Å². The van der Waals surface area contributed by atoms with Gasteiger partial charge in [-0.15, -0.1) is 0 Å². The zero-order chi connectivity index (χ0) is 24.8. The molecule has 2 aromatic carbocycles. The summed E-state index contributed by atoms with van der Waals surface area (Å²) < 4.78 is 1.42. The van der Waals surface area contributed by atoms with Gasteiger partial charge >= 0.3 is 0 Å². The van der Waals surface area contributed by atoms with Gasteiger partial charge in [-0.3, -0.25) is 19.5 Å². The van der Waals surface area contributed by atoms with Crippen LogP contribution in [0.1, 0.15) is 73.6 Å². The summed E-state index contributed by atoms with van der Waals surface area (Å²) in [5.41, 5.74) is 3.20. The predicted octanol–water partition coefficient (Wildman–Crippen LogP) is 5.04. The van der Waals surface area contributed by atoms with Gasteiger partial charge in [0.05, 0.1) is 17.9 Å². The van der Waals surface area contributed by atoms with E-state index in [0.29, 0.717) is 24.2 Å². The fraction of sp³-hybridized carbons (Fsp3) is 0.393. The van der Waals surface area contributed by atoms with E-state index >= 15 is 0 Å². The van der Waals surface area contributed by atoms with Gasteiger partial charge in [0.15, 0.2) is 5.78 Å². The van der Waals surface area contributed by atoms with Crippen molar-refractivity contribution < 1.29 is 9.59 Å². The molecule has 0 fully saturated rings. The van der Waals surface area contributed by atoms with Gasteiger partial charge in [0.1, 0.15) is 5.56 Å². The molecule has 1 atom stereocenters. The number of Topliss-reactive ketones (excluding diaryl/α,β-unsaturated/α-hetero) is 1. The second kappa shape index (κ2) is 11.1. The van der Waals surface area contributed by atoms with E-state index < -0.39 is 0 Å². The zero-order valence-electron chi connectivity index (χ0n) is 20.8. The van der Waals surface area contributed by atoms with Crippen molar-refractivity contribution in [3.8, 4) is 5.69 Å². The second-order valence-corrected chi connectivity index (χ2v) is 9.22.